The van der Waals surface area contributed by atoms with Gasteiger partial charge in [0.25, 0.3) is 0 Å². The molecule has 3 aromatic rings. The summed E-state index contributed by atoms with van der Waals surface area (Å²) in [6.07, 6.45) is 1.16. The number of hydrogen-bond donors (Lipinski definition) is 1. The number of carbonyl (C=O) groups is 1. The zero-order valence-electron chi connectivity index (χ0n) is 19.4. The molecule has 8 heteroatoms. The highest BCUT2D eigenvalue weighted by molar-refractivity contribution is 7.71. The number of aromatic amines is 1. The maximum atomic E-state index is 13.1. The number of hydrogen-bond acceptors (Lipinski definition) is 5. The smallest absolute Gasteiger partial charge is 0.224 e. The molecule has 0 atom stereocenters. The Morgan fingerprint density at radius 1 is 1.12 bits per heavy atom. The molecule has 0 radical (unpaired) electrons. The molecule has 0 spiro atoms. The minimum absolute atomic E-state index is 0.103. The van der Waals surface area contributed by atoms with Gasteiger partial charge in [-0.3, -0.25) is 14.5 Å². The van der Waals surface area contributed by atoms with Crippen molar-refractivity contribution in [2.24, 2.45) is 0 Å². The van der Waals surface area contributed by atoms with Crippen molar-refractivity contribution in [2.45, 2.75) is 46.7 Å². The number of nitrogens with zero attached hydrogens (tertiary/aromatic N) is 3. The minimum Gasteiger partial charge on any atom is -0.490 e. The van der Waals surface area contributed by atoms with Crippen molar-refractivity contribution in [3.05, 3.63) is 57.9 Å². The predicted molar refractivity (Wildman–Crippen MR) is 130 cm³/mol. The molecule has 4 rings (SSSR count). The first kappa shape index (κ1) is 23.0. The summed E-state index contributed by atoms with van der Waals surface area (Å²) in [7, 11) is 0. The number of nitrogens with one attached hydrogen (secondary N) is 1. The van der Waals surface area contributed by atoms with Crippen LogP contribution in [0.5, 0.6) is 11.5 Å². The van der Waals surface area contributed by atoms with E-state index in [0.29, 0.717) is 44.0 Å². The molecule has 1 aliphatic heterocycles. The number of aryl methyl sites for hydroxylation is 1. The van der Waals surface area contributed by atoms with Crippen LogP contribution >= 0.6 is 12.2 Å². The number of fused-ring (bicyclic) bond motifs is 1. The fourth-order valence-corrected chi connectivity index (χ4v) is 4.43. The van der Waals surface area contributed by atoms with E-state index in [1.807, 2.05) is 54.5 Å². The summed E-state index contributed by atoms with van der Waals surface area (Å²) in [5.74, 6) is 2.37. The molecule has 174 valence electrons. The first-order valence-corrected chi connectivity index (χ1v) is 11.8. The first-order chi connectivity index (χ1) is 16.0. The third-order valence-electron chi connectivity index (χ3n) is 5.81. The van der Waals surface area contributed by atoms with Gasteiger partial charge in [0, 0.05) is 31.6 Å². The van der Waals surface area contributed by atoms with Gasteiger partial charge >= 0.3 is 0 Å². The third kappa shape index (κ3) is 5.11. The molecule has 1 amide bonds. The van der Waals surface area contributed by atoms with E-state index in [4.69, 9.17) is 21.7 Å². The second-order valence-corrected chi connectivity index (χ2v) is 8.51. The highest BCUT2D eigenvalue weighted by Gasteiger charge is 2.23. The molecule has 0 fully saturated rings. The maximum Gasteiger partial charge on any atom is 0.224 e. The van der Waals surface area contributed by atoms with Crippen molar-refractivity contribution in [3.63, 3.8) is 0 Å². The molecule has 1 aromatic heterocycles. The van der Waals surface area contributed by atoms with E-state index in [2.05, 4.69) is 22.3 Å². The summed E-state index contributed by atoms with van der Waals surface area (Å²) in [4.78, 5) is 15.0. The monoisotopic (exact) mass is 466 g/mol. The summed E-state index contributed by atoms with van der Waals surface area (Å²) in [6, 6.07) is 12.2. The van der Waals surface area contributed by atoms with Gasteiger partial charge in [0.1, 0.15) is 0 Å². The van der Waals surface area contributed by atoms with E-state index in [0.717, 1.165) is 40.4 Å². The maximum absolute atomic E-state index is 13.1. The Hall–Kier alpha value is -3.13. The van der Waals surface area contributed by atoms with Crippen molar-refractivity contribution in [1.82, 2.24) is 19.7 Å². The van der Waals surface area contributed by atoms with Crippen molar-refractivity contribution in [1.29, 1.82) is 0 Å². The molecule has 0 saturated carbocycles. The van der Waals surface area contributed by atoms with Crippen LogP contribution in [-0.4, -0.2) is 45.3 Å². The van der Waals surface area contributed by atoms with Gasteiger partial charge in [0.2, 0.25) is 5.91 Å². The van der Waals surface area contributed by atoms with Gasteiger partial charge in [-0.1, -0.05) is 23.8 Å². The van der Waals surface area contributed by atoms with Gasteiger partial charge in [0.05, 0.1) is 13.2 Å². The number of aromatic nitrogens is 3. The van der Waals surface area contributed by atoms with Crippen molar-refractivity contribution >= 4 is 18.1 Å². The summed E-state index contributed by atoms with van der Waals surface area (Å²) < 4.78 is 13.9. The predicted octanol–water partition coefficient (Wildman–Crippen LogP) is 4.69. The molecule has 0 unspecified atom stereocenters. The molecular weight excluding hydrogens is 436 g/mol. The van der Waals surface area contributed by atoms with Crippen LogP contribution < -0.4 is 9.47 Å². The zero-order valence-corrected chi connectivity index (χ0v) is 20.2. The summed E-state index contributed by atoms with van der Waals surface area (Å²) in [5, 5.41) is 7.26. The van der Waals surface area contributed by atoms with Gasteiger partial charge in [-0.15, -0.1) is 0 Å². The Bertz CT molecular complexity index is 1200. The lowest BCUT2D eigenvalue weighted by Gasteiger charge is -2.30. The lowest BCUT2D eigenvalue weighted by molar-refractivity contribution is -0.132. The van der Waals surface area contributed by atoms with E-state index < -0.39 is 0 Å². The Balaban J connectivity index is 1.47. The zero-order chi connectivity index (χ0) is 23.4. The molecule has 0 aliphatic carbocycles. The van der Waals surface area contributed by atoms with Gasteiger partial charge in [-0.05, 0) is 68.7 Å². The lowest BCUT2D eigenvalue weighted by atomic mass is 9.98. The van der Waals surface area contributed by atoms with Crippen LogP contribution in [0, 0.1) is 11.7 Å². The van der Waals surface area contributed by atoms with Crippen LogP contribution in [0.25, 0.3) is 11.4 Å². The number of carbonyl (C=O) groups excluding carboxylic acids is 1. The highest BCUT2D eigenvalue weighted by atomic mass is 32.1. The topological polar surface area (TPSA) is 72.4 Å². The lowest BCUT2D eigenvalue weighted by Crippen LogP contribution is -2.36. The molecule has 7 nitrogen and oxygen atoms in total. The Kier molecular flexibility index (Phi) is 7.13. The van der Waals surface area contributed by atoms with E-state index in [1.165, 1.54) is 5.56 Å². The standard InChI is InChI=1S/C25H30N4O3S/c1-4-31-21-14-18-9-11-28(16-20(18)15-22(21)32-5-2)23(30)10-12-29-24(26-27-25(29)33)19-8-6-7-17(3)13-19/h6-8,13-15H,4-5,9-12,16H2,1-3H3,(H,27,33). The molecule has 33 heavy (non-hydrogen) atoms. The van der Waals surface area contributed by atoms with E-state index in [-0.39, 0.29) is 5.91 Å². The SMILES string of the molecule is CCOc1cc2c(cc1OCC)CN(C(=O)CCn1c(-c3cccc(C)c3)n[nH]c1=S)CC2. The molecule has 1 N–H and O–H groups in total. The summed E-state index contributed by atoms with van der Waals surface area (Å²) >= 11 is 5.43. The van der Waals surface area contributed by atoms with Gasteiger partial charge in [0.15, 0.2) is 22.1 Å². The number of rotatable bonds is 8. The molecule has 1 aliphatic rings. The number of benzene rings is 2. The Labute approximate surface area is 199 Å². The normalized spacial score (nSPS) is 13.0. The van der Waals surface area contributed by atoms with Crippen molar-refractivity contribution < 1.29 is 14.3 Å². The summed E-state index contributed by atoms with van der Waals surface area (Å²) in [5.41, 5.74) is 4.46. The van der Waals surface area contributed by atoms with Crippen LogP contribution in [-0.2, 0) is 24.3 Å². The minimum atomic E-state index is 0.103. The molecular formula is C25H30N4O3S. The molecule has 2 heterocycles. The second kappa shape index (κ2) is 10.2. The van der Waals surface area contributed by atoms with Crippen molar-refractivity contribution in [2.75, 3.05) is 19.8 Å². The fourth-order valence-electron chi connectivity index (χ4n) is 4.21. The average molecular weight is 467 g/mol. The van der Waals surface area contributed by atoms with Gasteiger partial charge in [-0.2, -0.15) is 5.10 Å². The van der Waals surface area contributed by atoms with Gasteiger partial charge < -0.3 is 14.4 Å². The van der Waals surface area contributed by atoms with E-state index in [1.54, 1.807) is 0 Å². The Morgan fingerprint density at radius 3 is 2.55 bits per heavy atom. The molecule has 0 saturated heterocycles. The third-order valence-corrected chi connectivity index (χ3v) is 6.13. The van der Waals surface area contributed by atoms with Crippen LogP contribution in [0.2, 0.25) is 0 Å². The number of amides is 1. The van der Waals surface area contributed by atoms with Crippen LogP contribution in [0.4, 0.5) is 0 Å². The van der Waals surface area contributed by atoms with E-state index >= 15 is 0 Å². The largest absolute Gasteiger partial charge is 0.490 e. The first-order valence-electron chi connectivity index (χ1n) is 11.4. The molecule has 2 aromatic carbocycles. The van der Waals surface area contributed by atoms with Crippen LogP contribution in [0.3, 0.4) is 0 Å². The Morgan fingerprint density at radius 2 is 1.85 bits per heavy atom. The number of H-pyrrole nitrogens is 1. The fraction of sp³-hybridized carbons (Fsp3) is 0.400. The summed E-state index contributed by atoms with van der Waals surface area (Å²) in [6.45, 7) is 8.86. The van der Waals surface area contributed by atoms with Crippen LogP contribution in [0.1, 0.15) is 37.0 Å². The van der Waals surface area contributed by atoms with Gasteiger partial charge in [-0.25, -0.2) is 0 Å². The van der Waals surface area contributed by atoms with E-state index in [9.17, 15) is 4.79 Å². The number of ether oxygens (including phenoxy) is 2. The highest BCUT2D eigenvalue weighted by Crippen LogP contribution is 2.34. The molecule has 0 bridgehead atoms. The average Bonchev–Trinajstić information content (AvgIpc) is 3.18. The van der Waals surface area contributed by atoms with Crippen LogP contribution in [0.15, 0.2) is 36.4 Å². The second-order valence-electron chi connectivity index (χ2n) is 8.12. The quantitative estimate of drug-likeness (QED) is 0.488. The van der Waals surface area contributed by atoms with Crippen molar-refractivity contribution in [3.8, 4) is 22.9 Å².